The van der Waals surface area contributed by atoms with E-state index in [1.165, 1.54) is 12.1 Å². The molecule has 8 heteroatoms. The molecule has 0 saturated heterocycles. The molecule has 6 nitrogen and oxygen atoms in total. The molecular formula is C22H26ClN3O3S. The first-order valence-corrected chi connectivity index (χ1v) is 11.6. The van der Waals surface area contributed by atoms with Crippen LogP contribution in [0.4, 0.5) is 0 Å². The van der Waals surface area contributed by atoms with Crippen molar-refractivity contribution >= 4 is 21.6 Å². The molecule has 0 aliphatic heterocycles. The third-order valence-corrected chi connectivity index (χ3v) is 6.91. The van der Waals surface area contributed by atoms with Crippen LogP contribution in [0.2, 0.25) is 5.02 Å². The Hall–Kier alpha value is -2.35. The van der Waals surface area contributed by atoms with Crippen LogP contribution in [0, 0.1) is 6.92 Å². The number of sulfonamides is 1. The molecule has 2 aromatic carbocycles. The van der Waals surface area contributed by atoms with Crippen molar-refractivity contribution in [1.29, 1.82) is 0 Å². The molecule has 3 aromatic rings. The van der Waals surface area contributed by atoms with Crippen LogP contribution in [0.5, 0.6) is 0 Å². The lowest BCUT2D eigenvalue weighted by atomic mass is 10.0. The SMILES string of the molecule is Cc1c(C(C)C)c(=O)n(-c2ccc(S(=O)(=O)NCCc3ccc(Cl)cc3)cc2)n1C. The van der Waals surface area contributed by atoms with E-state index in [-0.39, 0.29) is 22.9 Å². The normalized spacial score (nSPS) is 11.9. The molecule has 0 amide bonds. The zero-order chi connectivity index (χ0) is 22.1. The van der Waals surface area contributed by atoms with Gasteiger partial charge in [0.15, 0.2) is 0 Å². The number of nitrogens with zero attached hydrogens (tertiary/aromatic N) is 2. The first-order valence-electron chi connectivity index (χ1n) is 9.75. The minimum absolute atomic E-state index is 0.0818. The van der Waals surface area contributed by atoms with Gasteiger partial charge in [-0.1, -0.05) is 37.6 Å². The van der Waals surface area contributed by atoms with Gasteiger partial charge in [-0.15, -0.1) is 0 Å². The maximum absolute atomic E-state index is 12.8. The van der Waals surface area contributed by atoms with E-state index in [0.29, 0.717) is 17.1 Å². The average Bonchev–Trinajstić information content (AvgIpc) is 2.92. The largest absolute Gasteiger partial charge is 0.285 e. The predicted molar refractivity (Wildman–Crippen MR) is 120 cm³/mol. The van der Waals surface area contributed by atoms with Crippen LogP contribution in [-0.4, -0.2) is 24.3 Å². The molecule has 0 spiro atoms. The molecule has 0 radical (unpaired) electrons. The summed E-state index contributed by atoms with van der Waals surface area (Å²) in [5, 5.41) is 0.646. The van der Waals surface area contributed by atoms with Crippen molar-refractivity contribution < 1.29 is 8.42 Å². The van der Waals surface area contributed by atoms with E-state index in [1.807, 2.05) is 40.0 Å². The lowest BCUT2D eigenvalue weighted by Gasteiger charge is -2.10. The second kappa shape index (κ2) is 8.79. The average molecular weight is 448 g/mol. The summed E-state index contributed by atoms with van der Waals surface area (Å²) in [6, 6.07) is 13.6. The minimum atomic E-state index is -3.64. The number of hydrogen-bond acceptors (Lipinski definition) is 3. The van der Waals surface area contributed by atoms with Gasteiger partial charge in [0.2, 0.25) is 10.0 Å². The molecule has 1 heterocycles. The van der Waals surface area contributed by atoms with Gasteiger partial charge in [0.1, 0.15) is 0 Å². The molecule has 3 rings (SSSR count). The summed E-state index contributed by atoms with van der Waals surface area (Å²) in [6.07, 6.45) is 0.560. The van der Waals surface area contributed by atoms with Gasteiger partial charge < -0.3 is 0 Å². The summed E-state index contributed by atoms with van der Waals surface area (Å²) < 4.78 is 31.2. The van der Waals surface area contributed by atoms with Gasteiger partial charge in [0.25, 0.3) is 5.56 Å². The Morgan fingerprint density at radius 1 is 1.03 bits per heavy atom. The topological polar surface area (TPSA) is 73.1 Å². The van der Waals surface area contributed by atoms with E-state index in [2.05, 4.69) is 4.72 Å². The van der Waals surface area contributed by atoms with E-state index < -0.39 is 10.0 Å². The molecule has 1 aromatic heterocycles. The van der Waals surface area contributed by atoms with Crippen molar-refractivity contribution in [3.8, 4) is 5.69 Å². The Labute approximate surface area is 182 Å². The summed E-state index contributed by atoms with van der Waals surface area (Å²) in [7, 11) is -1.82. The van der Waals surface area contributed by atoms with Crippen LogP contribution < -0.4 is 10.3 Å². The Kier molecular flexibility index (Phi) is 6.55. The lowest BCUT2D eigenvalue weighted by molar-refractivity contribution is 0.581. The highest BCUT2D eigenvalue weighted by Crippen LogP contribution is 2.19. The maximum Gasteiger partial charge on any atom is 0.275 e. The third kappa shape index (κ3) is 4.53. The Morgan fingerprint density at radius 3 is 2.17 bits per heavy atom. The van der Waals surface area contributed by atoms with Crippen molar-refractivity contribution in [3.05, 3.63) is 80.7 Å². The van der Waals surface area contributed by atoms with Gasteiger partial charge in [-0.2, -0.15) is 0 Å². The molecule has 0 saturated carbocycles. The molecule has 1 N–H and O–H groups in total. The zero-order valence-electron chi connectivity index (χ0n) is 17.5. The minimum Gasteiger partial charge on any atom is -0.285 e. The highest BCUT2D eigenvalue weighted by molar-refractivity contribution is 7.89. The molecule has 0 aliphatic carbocycles. The lowest BCUT2D eigenvalue weighted by Crippen LogP contribution is -2.26. The summed E-state index contributed by atoms with van der Waals surface area (Å²) in [4.78, 5) is 13.0. The predicted octanol–water partition coefficient (Wildman–Crippen LogP) is 3.78. The van der Waals surface area contributed by atoms with Crippen LogP contribution in [-0.2, 0) is 23.5 Å². The van der Waals surface area contributed by atoms with Crippen LogP contribution in [0.15, 0.2) is 58.2 Å². The van der Waals surface area contributed by atoms with Crippen LogP contribution in [0.25, 0.3) is 5.69 Å². The first kappa shape index (κ1) is 22.3. The number of aromatic nitrogens is 2. The highest BCUT2D eigenvalue weighted by Gasteiger charge is 2.19. The van der Waals surface area contributed by atoms with Crippen molar-refractivity contribution in [3.63, 3.8) is 0 Å². The molecule has 0 unspecified atom stereocenters. The second-order valence-corrected chi connectivity index (χ2v) is 9.77. The zero-order valence-corrected chi connectivity index (χ0v) is 19.1. The van der Waals surface area contributed by atoms with Gasteiger partial charge in [0, 0.05) is 29.9 Å². The molecule has 0 aliphatic rings. The number of benzene rings is 2. The summed E-state index contributed by atoms with van der Waals surface area (Å²) in [5.41, 5.74) is 3.20. The number of halogens is 1. The second-order valence-electron chi connectivity index (χ2n) is 7.56. The summed E-state index contributed by atoms with van der Waals surface area (Å²) in [6.45, 7) is 6.16. The standard InChI is InChI=1S/C22H26ClN3O3S/c1-15(2)21-16(3)25(4)26(22(21)27)19-9-11-20(12-10-19)30(28,29)24-14-13-17-5-7-18(23)8-6-17/h5-12,15,24H,13-14H2,1-4H3. The van der Waals surface area contributed by atoms with Gasteiger partial charge in [-0.25, -0.2) is 17.8 Å². The van der Waals surface area contributed by atoms with Crippen LogP contribution in [0.1, 0.15) is 36.6 Å². The smallest absolute Gasteiger partial charge is 0.275 e. The van der Waals surface area contributed by atoms with Crippen molar-refractivity contribution in [1.82, 2.24) is 14.1 Å². The fraction of sp³-hybridized carbons (Fsp3) is 0.318. The van der Waals surface area contributed by atoms with E-state index in [9.17, 15) is 13.2 Å². The van der Waals surface area contributed by atoms with E-state index >= 15 is 0 Å². The van der Waals surface area contributed by atoms with Gasteiger partial charge in [-0.3, -0.25) is 9.48 Å². The number of rotatable bonds is 7. The summed E-state index contributed by atoms with van der Waals surface area (Å²) >= 11 is 5.87. The van der Waals surface area contributed by atoms with Crippen LogP contribution >= 0.6 is 11.6 Å². The van der Waals surface area contributed by atoms with Gasteiger partial charge in [-0.05, 0) is 61.2 Å². The van der Waals surface area contributed by atoms with Crippen molar-refractivity contribution in [2.75, 3.05) is 6.54 Å². The maximum atomic E-state index is 12.8. The molecule has 30 heavy (non-hydrogen) atoms. The van der Waals surface area contributed by atoms with E-state index in [0.717, 1.165) is 16.8 Å². The number of hydrogen-bond donors (Lipinski definition) is 1. The number of nitrogens with one attached hydrogen (secondary N) is 1. The summed E-state index contributed by atoms with van der Waals surface area (Å²) in [5.74, 6) is 0.106. The Balaban J connectivity index is 1.77. The van der Waals surface area contributed by atoms with Crippen LogP contribution in [0.3, 0.4) is 0 Å². The van der Waals surface area contributed by atoms with E-state index in [1.54, 1.807) is 33.6 Å². The van der Waals surface area contributed by atoms with Crippen molar-refractivity contribution in [2.24, 2.45) is 7.05 Å². The molecule has 0 atom stereocenters. The van der Waals surface area contributed by atoms with Gasteiger partial charge >= 0.3 is 0 Å². The molecule has 0 fully saturated rings. The molecular weight excluding hydrogens is 422 g/mol. The third-order valence-electron chi connectivity index (χ3n) is 5.19. The molecule has 160 valence electrons. The molecule has 0 bridgehead atoms. The quantitative estimate of drug-likeness (QED) is 0.599. The fourth-order valence-corrected chi connectivity index (χ4v) is 4.67. The highest BCUT2D eigenvalue weighted by atomic mass is 35.5. The Bertz CT molecular complexity index is 1190. The van der Waals surface area contributed by atoms with Crippen molar-refractivity contribution in [2.45, 2.75) is 38.0 Å². The Morgan fingerprint density at radius 2 is 1.63 bits per heavy atom. The monoisotopic (exact) mass is 447 g/mol. The van der Waals surface area contributed by atoms with E-state index in [4.69, 9.17) is 11.6 Å². The first-order chi connectivity index (χ1) is 14.1. The van der Waals surface area contributed by atoms with Gasteiger partial charge in [0.05, 0.1) is 10.6 Å². The fourth-order valence-electron chi connectivity index (χ4n) is 3.52.